The molecule has 0 saturated heterocycles. The Hall–Kier alpha value is -6.39. The smallest absolute Gasteiger partial charge is 0.100 e. The fourth-order valence-electron chi connectivity index (χ4n) is 7.31. The predicted octanol–water partition coefficient (Wildman–Crippen LogP) is 10.9. The maximum atomic E-state index is 4.86. The lowest BCUT2D eigenvalue weighted by atomic mass is 9.89. The second-order valence-electron chi connectivity index (χ2n) is 12.1. The van der Waals surface area contributed by atoms with Gasteiger partial charge < -0.3 is 0 Å². The minimum Gasteiger partial charge on any atom is -0.299 e. The van der Waals surface area contributed by atoms with Gasteiger partial charge in [0.15, 0.2) is 0 Å². The van der Waals surface area contributed by atoms with Crippen LogP contribution in [0.5, 0.6) is 0 Å². The van der Waals surface area contributed by atoms with E-state index < -0.39 is 0 Å². The summed E-state index contributed by atoms with van der Waals surface area (Å²) in [6.07, 6.45) is 5.70. The van der Waals surface area contributed by atoms with Crippen LogP contribution in [0.15, 0.2) is 158 Å². The van der Waals surface area contributed by atoms with Crippen molar-refractivity contribution >= 4 is 65.2 Å². The van der Waals surface area contributed by atoms with Crippen LogP contribution in [0, 0.1) is 0 Å². The first-order chi connectivity index (χ1) is 23.3. The Morgan fingerprint density at radius 3 is 2.02 bits per heavy atom. The molecular weight excluding hydrogens is 573 g/mol. The lowest BCUT2D eigenvalue weighted by Crippen LogP contribution is -1.93. The molecular formula is C43H26N4. The predicted molar refractivity (Wildman–Crippen MR) is 195 cm³/mol. The van der Waals surface area contributed by atoms with Gasteiger partial charge in [-0.15, -0.1) is 0 Å². The third kappa shape index (κ3) is 3.98. The van der Waals surface area contributed by atoms with Gasteiger partial charge in [-0.3, -0.25) is 14.5 Å². The molecule has 0 N–H and O–H groups in total. The normalized spacial score (nSPS) is 11.8. The molecule has 218 valence electrons. The first kappa shape index (κ1) is 25.9. The summed E-state index contributed by atoms with van der Waals surface area (Å²) in [6, 6.07) is 49.9. The maximum absolute atomic E-state index is 4.86. The number of benzene rings is 7. The Morgan fingerprint density at radius 1 is 0.447 bits per heavy atom. The lowest BCUT2D eigenvalue weighted by Gasteiger charge is -2.14. The first-order valence-electron chi connectivity index (χ1n) is 15.8. The van der Waals surface area contributed by atoms with Gasteiger partial charge in [0.2, 0.25) is 0 Å². The van der Waals surface area contributed by atoms with Gasteiger partial charge in [0.1, 0.15) is 6.33 Å². The standard InChI is InChI=1S/C43H26N4/c1-2-12-36-34(11-1)35-13-3-4-14-37(35)41-33(15-6-16-38(36)41)29-19-20-39-40(24-29)47(26-46-39)32-10-5-8-28(23-32)31-22-30-18-17-27-9-7-21-44-42(27)43(30)45-25-31/h1-26H. The van der Waals surface area contributed by atoms with E-state index >= 15 is 0 Å². The molecule has 3 aromatic heterocycles. The molecule has 0 atom stereocenters. The first-order valence-corrected chi connectivity index (χ1v) is 15.8. The molecule has 0 bridgehead atoms. The van der Waals surface area contributed by atoms with Gasteiger partial charge in [0.25, 0.3) is 0 Å². The molecule has 0 radical (unpaired) electrons. The molecule has 7 aromatic carbocycles. The van der Waals surface area contributed by atoms with Crippen LogP contribution in [0.3, 0.4) is 0 Å². The fourth-order valence-corrected chi connectivity index (χ4v) is 7.31. The van der Waals surface area contributed by atoms with Crippen LogP contribution in [0.2, 0.25) is 0 Å². The number of hydrogen-bond donors (Lipinski definition) is 0. The second kappa shape index (κ2) is 10.1. The van der Waals surface area contributed by atoms with E-state index in [1.807, 2.05) is 24.8 Å². The van der Waals surface area contributed by atoms with E-state index in [1.54, 1.807) is 0 Å². The monoisotopic (exact) mass is 598 g/mol. The molecule has 0 unspecified atom stereocenters. The van der Waals surface area contributed by atoms with E-state index in [2.05, 4.69) is 143 Å². The van der Waals surface area contributed by atoms with Crippen molar-refractivity contribution in [1.82, 2.24) is 19.5 Å². The Morgan fingerprint density at radius 2 is 1.17 bits per heavy atom. The quantitative estimate of drug-likeness (QED) is 0.190. The third-order valence-corrected chi connectivity index (χ3v) is 9.51. The molecule has 10 aromatic rings. The highest BCUT2D eigenvalue weighted by Crippen LogP contribution is 2.40. The van der Waals surface area contributed by atoms with Crippen LogP contribution in [0.1, 0.15) is 0 Å². The van der Waals surface area contributed by atoms with Gasteiger partial charge in [-0.1, -0.05) is 103 Å². The Kier molecular flexibility index (Phi) is 5.54. The van der Waals surface area contributed by atoms with Gasteiger partial charge in [0.05, 0.1) is 22.1 Å². The van der Waals surface area contributed by atoms with E-state index in [9.17, 15) is 0 Å². The van der Waals surface area contributed by atoms with Gasteiger partial charge in [-0.2, -0.15) is 0 Å². The largest absolute Gasteiger partial charge is 0.299 e. The Balaban J connectivity index is 1.12. The summed E-state index contributed by atoms with van der Waals surface area (Å²) in [4.78, 5) is 14.2. The molecule has 0 amide bonds. The van der Waals surface area contributed by atoms with Crippen molar-refractivity contribution in [2.45, 2.75) is 0 Å². The molecule has 0 aliphatic heterocycles. The third-order valence-electron chi connectivity index (χ3n) is 9.51. The van der Waals surface area contributed by atoms with Crippen molar-refractivity contribution in [3.8, 4) is 27.9 Å². The molecule has 4 heteroatoms. The zero-order valence-electron chi connectivity index (χ0n) is 25.3. The summed E-state index contributed by atoms with van der Waals surface area (Å²) in [5.41, 5.74) is 9.48. The number of rotatable bonds is 3. The molecule has 10 rings (SSSR count). The molecule has 0 fully saturated rings. The number of aromatic nitrogens is 4. The van der Waals surface area contributed by atoms with E-state index in [4.69, 9.17) is 9.97 Å². The minimum atomic E-state index is 0.922. The zero-order valence-corrected chi connectivity index (χ0v) is 25.3. The Bertz CT molecular complexity index is 2820. The van der Waals surface area contributed by atoms with E-state index in [-0.39, 0.29) is 0 Å². The fraction of sp³-hybridized carbons (Fsp3) is 0. The van der Waals surface area contributed by atoms with Crippen LogP contribution < -0.4 is 0 Å². The average molecular weight is 599 g/mol. The molecule has 3 heterocycles. The summed E-state index contributed by atoms with van der Waals surface area (Å²) >= 11 is 0. The van der Waals surface area contributed by atoms with Crippen LogP contribution in [0.25, 0.3) is 93.1 Å². The minimum absolute atomic E-state index is 0.922. The maximum Gasteiger partial charge on any atom is 0.100 e. The van der Waals surface area contributed by atoms with Crippen molar-refractivity contribution in [1.29, 1.82) is 0 Å². The summed E-state index contributed by atoms with van der Waals surface area (Å²) in [5.74, 6) is 0. The van der Waals surface area contributed by atoms with Crippen molar-refractivity contribution in [2.75, 3.05) is 0 Å². The molecule has 0 aliphatic rings. The summed E-state index contributed by atoms with van der Waals surface area (Å²) < 4.78 is 2.19. The number of fused-ring (bicyclic) bond motifs is 10. The molecule has 0 aliphatic carbocycles. The van der Waals surface area contributed by atoms with Crippen molar-refractivity contribution < 1.29 is 0 Å². The van der Waals surface area contributed by atoms with Gasteiger partial charge in [-0.25, -0.2) is 4.98 Å². The molecule has 0 spiro atoms. The van der Waals surface area contributed by atoms with Crippen LogP contribution in [-0.4, -0.2) is 19.5 Å². The summed E-state index contributed by atoms with van der Waals surface area (Å²) in [7, 11) is 0. The van der Waals surface area contributed by atoms with Crippen LogP contribution in [0.4, 0.5) is 0 Å². The van der Waals surface area contributed by atoms with Crippen LogP contribution >= 0.6 is 0 Å². The van der Waals surface area contributed by atoms with E-state index in [1.165, 1.54) is 43.4 Å². The van der Waals surface area contributed by atoms with Gasteiger partial charge in [-0.05, 0) is 85.4 Å². The SMILES string of the molecule is c1cc(-c2cnc3c(ccc4cccnc43)c2)cc(-n2cnc3ccc(-c4cccc5c6ccccc6c6ccccc6c45)cc32)c1. The van der Waals surface area contributed by atoms with E-state index in [0.29, 0.717) is 0 Å². The van der Waals surface area contributed by atoms with Crippen molar-refractivity contribution in [3.63, 3.8) is 0 Å². The van der Waals surface area contributed by atoms with E-state index in [0.717, 1.165) is 49.7 Å². The number of imidazole rings is 1. The second-order valence-corrected chi connectivity index (χ2v) is 12.1. The molecule has 47 heavy (non-hydrogen) atoms. The zero-order chi connectivity index (χ0) is 30.9. The highest BCUT2D eigenvalue weighted by atomic mass is 15.0. The van der Waals surface area contributed by atoms with Gasteiger partial charge >= 0.3 is 0 Å². The summed E-state index contributed by atoms with van der Waals surface area (Å²) in [5, 5.41) is 9.83. The number of nitrogens with zero attached hydrogens (tertiary/aromatic N) is 4. The highest BCUT2D eigenvalue weighted by Gasteiger charge is 2.15. The van der Waals surface area contributed by atoms with Gasteiger partial charge in [0, 0.05) is 34.4 Å². The van der Waals surface area contributed by atoms with Crippen LogP contribution in [-0.2, 0) is 0 Å². The topological polar surface area (TPSA) is 43.6 Å². The average Bonchev–Trinajstić information content (AvgIpc) is 3.58. The highest BCUT2D eigenvalue weighted by molar-refractivity contribution is 6.28. The molecule has 0 saturated carbocycles. The van der Waals surface area contributed by atoms with Crippen molar-refractivity contribution in [3.05, 3.63) is 158 Å². The number of hydrogen-bond acceptors (Lipinski definition) is 3. The van der Waals surface area contributed by atoms with Crippen molar-refractivity contribution in [2.24, 2.45) is 0 Å². The number of pyridine rings is 2. The Labute approximate surface area is 270 Å². The lowest BCUT2D eigenvalue weighted by molar-refractivity contribution is 1.09. The summed E-state index contributed by atoms with van der Waals surface area (Å²) in [6.45, 7) is 0. The molecule has 4 nitrogen and oxygen atoms in total.